The third kappa shape index (κ3) is 7.89. The Morgan fingerprint density at radius 3 is 1.80 bits per heavy atom. The summed E-state index contributed by atoms with van der Waals surface area (Å²) >= 11 is 2.32. The lowest BCUT2D eigenvalue weighted by atomic mass is 9.86. The maximum atomic E-state index is 12.4. The van der Waals surface area contributed by atoms with Crippen molar-refractivity contribution < 1.29 is 9.53 Å². The quantitative estimate of drug-likeness (QED) is 0.125. The van der Waals surface area contributed by atoms with Crippen LogP contribution in [-0.4, -0.2) is 31.6 Å². The minimum atomic E-state index is -0.585. The first-order valence-electron chi connectivity index (χ1n) is 13.1. The normalized spacial score (nSPS) is 13.0. The van der Waals surface area contributed by atoms with Gasteiger partial charge in [0.2, 0.25) is 0 Å². The number of nitrogens with one attached hydrogen (secondary N) is 3. The van der Waals surface area contributed by atoms with Crippen LogP contribution in [0.15, 0.2) is 48.8 Å². The Bertz CT molecular complexity index is 1650. The molecule has 2 atom stereocenters. The molecule has 0 spiro atoms. The molecule has 2 aromatic heterocycles. The molecule has 8 heteroatoms. The molecule has 40 heavy (non-hydrogen) atoms. The molecule has 0 saturated carbocycles. The van der Waals surface area contributed by atoms with Crippen molar-refractivity contribution in [2.75, 3.05) is 0 Å². The number of halogens is 1. The number of benzene rings is 2. The van der Waals surface area contributed by atoms with Gasteiger partial charge in [-0.1, -0.05) is 67.3 Å². The van der Waals surface area contributed by atoms with Gasteiger partial charge in [0.25, 0.3) is 0 Å². The molecule has 206 valence electrons. The Hall–Kier alpha value is -3.76. The van der Waals surface area contributed by atoms with Crippen molar-refractivity contribution in [1.29, 1.82) is 0 Å². The lowest BCUT2D eigenvalue weighted by Crippen LogP contribution is -2.40. The van der Waals surface area contributed by atoms with Crippen LogP contribution in [-0.2, 0) is 4.74 Å². The summed E-state index contributed by atoms with van der Waals surface area (Å²) in [5.41, 5.74) is 2.41. The summed E-state index contributed by atoms with van der Waals surface area (Å²) in [6.07, 6.45) is 2.98. The first-order valence-corrected chi connectivity index (χ1v) is 14.3. The monoisotopic (exact) mass is 647 g/mol. The van der Waals surface area contributed by atoms with E-state index in [-0.39, 0.29) is 11.5 Å². The van der Waals surface area contributed by atoms with E-state index in [1.807, 2.05) is 53.7 Å². The highest BCUT2D eigenvalue weighted by Crippen LogP contribution is 2.31. The molecule has 0 aliphatic carbocycles. The maximum absolute atomic E-state index is 12.4. The van der Waals surface area contributed by atoms with Crippen LogP contribution < -0.4 is 5.32 Å². The van der Waals surface area contributed by atoms with Crippen LogP contribution in [0.2, 0.25) is 0 Å². The van der Waals surface area contributed by atoms with Crippen molar-refractivity contribution >= 4 is 39.5 Å². The van der Waals surface area contributed by atoms with Crippen LogP contribution in [0.25, 0.3) is 10.8 Å². The first-order chi connectivity index (χ1) is 18.8. The summed E-state index contributed by atoms with van der Waals surface area (Å²) in [6.45, 7) is 13.7. The fourth-order valence-electron chi connectivity index (χ4n) is 3.95. The first kappa shape index (κ1) is 29.2. The molecule has 2 heterocycles. The van der Waals surface area contributed by atoms with Gasteiger partial charge in [0.15, 0.2) is 0 Å². The second kappa shape index (κ2) is 11.8. The van der Waals surface area contributed by atoms with Crippen molar-refractivity contribution in [3.05, 3.63) is 83.0 Å². The van der Waals surface area contributed by atoms with Crippen LogP contribution in [0, 0.1) is 29.1 Å². The van der Waals surface area contributed by atoms with E-state index in [0.717, 1.165) is 33.4 Å². The number of carbonyl (C=O) groups excluding carboxylic acids is 1. The van der Waals surface area contributed by atoms with Gasteiger partial charge in [0, 0.05) is 11.1 Å². The number of aromatic amines is 2. The van der Waals surface area contributed by atoms with Gasteiger partial charge in [-0.3, -0.25) is 0 Å². The van der Waals surface area contributed by atoms with Crippen LogP contribution in [0.1, 0.15) is 92.6 Å². The number of alkyl carbamates (subject to hydrolysis) is 1. The summed E-state index contributed by atoms with van der Waals surface area (Å²) in [7, 11) is 0. The second-order valence-corrected chi connectivity index (χ2v) is 13.6. The zero-order chi connectivity index (χ0) is 29.1. The van der Waals surface area contributed by atoms with Gasteiger partial charge in [-0.25, -0.2) is 14.8 Å². The van der Waals surface area contributed by atoms with Crippen LogP contribution in [0.5, 0.6) is 0 Å². The smallest absolute Gasteiger partial charge is 0.408 e. The predicted molar refractivity (Wildman–Crippen MR) is 167 cm³/mol. The number of hydrogen-bond donors (Lipinski definition) is 3. The Labute approximate surface area is 249 Å². The molecule has 1 amide bonds. The molecule has 0 saturated heterocycles. The standard InChI is InChI=1S/C32H34IN5O2/c1-20(33)28-34-18-25(36-28)14-10-21-8-12-24-17-22(9-13-23(24)16-21)11-15-26-19-35-29(37-26)27(31(2,3)4)38-30(39)40-32(5,6)7/h8-9,12-13,16-20,27H,1-7H3,(H,34,36)(H,35,37)(H,38,39)/t20-,27+/m0/s1. The Balaban J connectivity index is 1.49. The van der Waals surface area contributed by atoms with Crippen molar-refractivity contribution in [1.82, 2.24) is 25.3 Å². The number of aromatic nitrogens is 4. The zero-order valence-corrected chi connectivity index (χ0v) is 26.0. The van der Waals surface area contributed by atoms with Crippen molar-refractivity contribution in [2.24, 2.45) is 5.41 Å². The SMILES string of the molecule is C[C@H](I)c1ncc(C#Cc2ccc3cc(C#Cc4cnc([C@@H](NC(=O)OC(C)(C)C)C(C)(C)C)[nH]4)ccc3c2)[nH]1. The number of fused-ring (bicyclic) bond motifs is 1. The van der Waals surface area contributed by atoms with Crippen molar-refractivity contribution in [2.45, 2.75) is 64.0 Å². The number of H-pyrrole nitrogens is 2. The number of alkyl halides is 1. The molecule has 4 rings (SSSR count). The van der Waals surface area contributed by atoms with Crippen LogP contribution in [0.4, 0.5) is 4.79 Å². The fourth-order valence-corrected chi connectivity index (χ4v) is 4.27. The average molecular weight is 648 g/mol. The average Bonchev–Trinajstić information content (AvgIpc) is 3.53. The molecule has 2 aromatic carbocycles. The van der Waals surface area contributed by atoms with Crippen LogP contribution >= 0.6 is 22.6 Å². The molecular formula is C32H34IN5O2. The van der Waals surface area contributed by atoms with E-state index in [4.69, 9.17) is 4.74 Å². The highest BCUT2D eigenvalue weighted by Gasteiger charge is 2.31. The van der Waals surface area contributed by atoms with Gasteiger partial charge < -0.3 is 20.0 Å². The minimum Gasteiger partial charge on any atom is -0.444 e. The highest BCUT2D eigenvalue weighted by atomic mass is 127. The summed E-state index contributed by atoms with van der Waals surface area (Å²) in [5.74, 6) is 14.3. The number of rotatable bonds is 3. The summed E-state index contributed by atoms with van der Waals surface area (Å²) in [5, 5.41) is 5.12. The van der Waals surface area contributed by atoms with Gasteiger partial charge in [-0.05, 0) is 80.0 Å². The molecule has 7 nitrogen and oxygen atoms in total. The summed E-state index contributed by atoms with van der Waals surface area (Å²) < 4.78 is 5.76. The topological polar surface area (TPSA) is 95.7 Å². The van der Waals surface area contributed by atoms with Crippen LogP contribution in [0.3, 0.4) is 0 Å². The molecule has 3 N–H and O–H groups in total. The molecule has 0 fully saturated rings. The van der Waals surface area contributed by atoms with Crippen molar-refractivity contribution in [3.63, 3.8) is 0 Å². The number of hydrogen-bond acceptors (Lipinski definition) is 4. The summed E-state index contributed by atoms with van der Waals surface area (Å²) in [4.78, 5) is 27.8. The van der Waals surface area contributed by atoms with E-state index >= 15 is 0 Å². The largest absolute Gasteiger partial charge is 0.444 e. The number of nitrogens with zero attached hydrogens (tertiary/aromatic N) is 2. The Morgan fingerprint density at radius 2 is 1.35 bits per heavy atom. The van der Waals surface area contributed by atoms with Gasteiger partial charge in [-0.15, -0.1) is 0 Å². The van der Waals surface area contributed by atoms with E-state index in [9.17, 15) is 4.79 Å². The second-order valence-electron chi connectivity index (χ2n) is 11.7. The van der Waals surface area contributed by atoms with Gasteiger partial charge in [0.1, 0.15) is 28.6 Å². The molecule has 0 aliphatic rings. The summed E-state index contributed by atoms with van der Waals surface area (Å²) in [6, 6.07) is 11.9. The third-order valence-electron chi connectivity index (χ3n) is 5.89. The molecule has 0 unspecified atom stereocenters. The Morgan fingerprint density at radius 1 is 0.850 bits per heavy atom. The van der Waals surface area contributed by atoms with E-state index in [0.29, 0.717) is 15.4 Å². The van der Waals surface area contributed by atoms with Gasteiger partial charge in [0.05, 0.1) is 22.4 Å². The van der Waals surface area contributed by atoms with Crippen molar-refractivity contribution in [3.8, 4) is 23.7 Å². The maximum Gasteiger partial charge on any atom is 0.408 e. The lowest BCUT2D eigenvalue weighted by Gasteiger charge is -2.31. The number of imidazole rings is 2. The minimum absolute atomic E-state index is 0.296. The third-order valence-corrected chi connectivity index (χ3v) is 6.48. The van der Waals surface area contributed by atoms with E-state index in [1.165, 1.54) is 0 Å². The van der Waals surface area contributed by atoms with E-state index in [2.05, 4.69) is 103 Å². The predicted octanol–water partition coefficient (Wildman–Crippen LogP) is 7.19. The molecule has 0 aliphatic heterocycles. The molecule has 0 bridgehead atoms. The highest BCUT2D eigenvalue weighted by molar-refractivity contribution is 14.1. The van der Waals surface area contributed by atoms with E-state index < -0.39 is 11.7 Å². The molecule has 0 radical (unpaired) electrons. The zero-order valence-electron chi connectivity index (χ0n) is 23.9. The Kier molecular flexibility index (Phi) is 8.60. The fraction of sp³-hybridized carbons (Fsp3) is 0.344. The van der Waals surface area contributed by atoms with Gasteiger partial charge >= 0.3 is 6.09 Å². The van der Waals surface area contributed by atoms with Gasteiger partial charge in [-0.2, -0.15) is 0 Å². The number of carbonyl (C=O) groups is 1. The lowest BCUT2D eigenvalue weighted by molar-refractivity contribution is 0.0458. The molecule has 4 aromatic rings. The number of amides is 1. The van der Waals surface area contributed by atoms with E-state index in [1.54, 1.807) is 12.4 Å². The number of ether oxygens (including phenoxy) is 1. The molecular weight excluding hydrogens is 613 g/mol.